The van der Waals surface area contributed by atoms with Gasteiger partial charge < -0.3 is 5.73 Å². The second kappa shape index (κ2) is 4.02. The summed E-state index contributed by atoms with van der Waals surface area (Å²) in [6.07, 6.45) is 0. The van der Waals surface area contributed by atoms with Crippen LogP contribution in [0.4, 0.5) is 10.3 Å². The van der Waals surface area contributed by atoms with Gasteiger partial charge in [-0.1, -0.05) is 11.6 Å². The molecule has 0 spiro atoms. The summed E-state index contributed by atoms with van der Waals surface area (Å²) in [6, 6.07) is 4.24. The van der Waals surface area contributed by atoms with E-state index in [2.05, 4.69) is 15.0 Å². The van der Waals surface area contributed by atoms with Gasteiger partial charge in [0.15, 0.2) is 5.82 Å². The molecule has 16 heavy (non-hydrogen) atoms. The van der Waals surface area contributed by atoms with Gasteiger partial charge in [-0.25, -0.2) is 9.37 Å². The lowest BCUT2D eigenvalue weighted by Crippen LogP contribution is -2.01. The van der Waals surface area contributed by atoms with Crippen LogP contribution >= 0.6 is 11.6 Å². The van der Waals surface area contributed by atoms with Crippen molar-refractivity contribution in [3.05, 3.63) is 34.9 Å². The maximum absolute atomic E-state index is 13.0. The molecular formula is C10H8ClFN4. The largest absolute Gasteiger partial charge is 0.368 e. The molecule has 0 unspecified atom stereocenters. The first-order valence-corrected chi connectivity index (χ1v) is 4.87. The van der Waals surface area contributed by atoms with E-state index in [4.69, 9.17) is 17.3 Å². The Kier molecular flexibility index (Phi) is 2.70. The lowest BCUT2D eigenvalue weighted by atomic mass is 10.2. The van der Waals surface area contributed by atoms with Crippen molar-refractivity contribution in [3.8, 4) is 11.4 Å². The molecular weight excluding hydrogens is 231 g/mol. The van der Waals surface area contributed by atoms with Gasteiger partial charge in [0.05, 0.1) is 5.02 Å². The topological polar surface area (TPSA) is 64.7 Å². The SMILES string of the molecule is Cc1nc(N)nc(-c2ccc(F)c(Cl)c2)n1. The van der Waals surface area contributed by atoms with Gasteiger partial charge in [0, 0.05) is 5.56 Å². The summed E-state index contributed by atoms with van der Waals surface area (Å²) in [5.74, 6) is 0.530. The Morgan fingerprint density at radius 3 is 2.62 bits per heavy atom. The van der Waals surface area contributed by atoms with E-state index in [9.17, 15) is 4.39 Å². The predicted molar refractivity (Wildman–Crippen MR) is 59.4 cm³/mol. The second-order valence-electron chi connectivity index (χ2n) is 3.19. The fourth-order valence-electron chi connectivity index (χ4n) is 1.27. The molecule has 0 saturated carbocycles. The maximum atomic E-state index is 13.0. The number of anilines is 1. The molecule has 0 aliphatic rings. The highest BCUT2D eigenvalue weighted by Crippen LogP contribution is 2.22. The molecule has 0 aliphatic heterocycles. The van der Waals surface area contributed by atoms with Gasteiger partial charge in [0.2, 0.25) is 5.95 Å². The van der Waals surface area contributed by atoms with Crippen molar-refractivity contribution >= 4 is 17.5 Å². The van der Waals surface area contributed by atoms with Crippen molar-refractivity contribution in [2.75, 3.05) is 5.73 Å². The second-order valence-corrected chi connectivity index (χ2v) is 3.60. The average molecular weight is 239 g/mol. The van der Waals surface area contributed by atoms with Gasteiger partial charge in [-0.3, -0.25) is 0 Å². The minimum absolute atomic E-state index is 0.0223. The number of aryl methyl sites for hydroxylation is 1. The summed E-state index contributed by atoms with van der Waals surface area (Å²) in [6.45, 7) is 1.70. The molecule has 1 aromatic heterocycles. The smallest absolute Gasteiger partial charge is 0.223 e. The standard InChI is InChI=1S/C10H8ClFN4/c1-5-14-9(16-10(13)15-5)6-2-3-8(12)7(11)4-6/h2-4H,1H3,(H2,13,14,15,16). The lowest BCUT2D eigenvalue weighted by molar-refractivity contribution is 0.628. The van der Waals surface area contributed by atoms with Crippen molar-refractivity contribution in [2.45, 2.75) is 6.92 Å². The number of aromatic nitrogens is 3. The Morgan fingerprint density at radius 2 is 2.00 bits per heavy atom. The Balaban J connectivity index is 2.54. The van der Waals surface area contributed by atoms with E-state index in [1.165, 1.54) is 18.2 Å². The Labute approximate surface area is 96.3 Å². The molecule has 0 radical (unpaired) electrons. The van der Waals surface area contributed by atoms with E-state index in [-0.39, 0.29) is 11.0 Å². The van der Waals surface area contributed by atoms with Crippen LogP contribution in [-0.2, 0) is 0 Å². The Morgan fingerprint density at radius 1 is 1.25 bits per heavy atom. The zero-order valence-corrected chi connectivity index (χ0v) is 9.16. The number of hydrogen-bond donors (Lipinski definition) is 1. The van der Waals surface area contributed by atoms with Gasteiger partial charge >= 0.3 is 0 Å². The molecule has 0 aliphatic carbocycles. The molecule has 6 heteroatoms. The van der Waals surface area contributed by atoms with Gasteiger partial charge in [0.1, 0.15) is 11.6 Å². The minimum Gasteiger partial charge on any atom is -0.368 e. The first-order valence-electron chi connectivity index (χ1n) is 4.50. The fourth-order valence-corrected chi connectivity index (χ4v) is 1.45. The van der Waals surface area contributed by atoms with E-state index in [1.807, 2.05) is 0 Å². The third-order valence-electron chi connectivity index (χ3n) is 1.94. The van der Waals surface area contributed by atoms with E-state index in [0.717, 1.165) is 0 Å². The van der Waals surface area contributed by atoms with Crippen molar-refractivity contribution in [2.24, 2.45) is 0 Å². The highest BCUT2D eigenvalue weighted by Gasteiger charge is 2.07. The molecule has 82 valence electrons. The zero-order valence-electron chi connectivity index (χ0n) is 8.41. The zero-order chi connectivity index (χ0) is 11.7. The number of rotatable bonds is 1. The van der Waals surface area contributed by atoms with Crippen LogP contribution in [0.2, 0.25) is 5.02 Å². The highest BCUT2D eigenvalue weighted by molar-refractivity contribution is 6.31. The molecule has 1 aromatic carbocycles. The third-order valence-corrected chi connectivity index (χ3v) is 2.23. The van der Waals surface area contributed by atoms with Crippen molar-refractivity contribution in [1.29, 1.82) is 0 Å². The summed E-state index contributed by atoms with van der Waals surface area (Å²) in [5.41, 5.74) is 6.10. The third kappa shape index (κ3) is 2.09. The van der Waals surface area contributed by atoms with Crippen LogP contribution < -0.4 is 5.73 Å². The van der Waals surface area contributed by atoms with E-state index >= 15 is 0 Å². The van der Waals surface area contributed by atoms with Gasteiger partial charge in [-0.15, -0.1) is 0 Å². The van der Waals surface area contributed by atoms with Crippen LogP contribution in [0.15, 0.2) is 18.2 Å². The van der Waals surface area contributed by atoms with Crippen molar-refractivity contribution in [3.63, 3.8) is 0 Å². The first kappa shape index (κ1) is 10.8. The number of nitrogen functional groups attached to an aromatic ring is 1. The predicted octanol–water partition coefficient (Wildman–Crippen LogP) is 2.22. The average Bonchev–Trinajstić information content (AvgIpc) is 2.20. The van der Waals surface area contributed by atoms with Gasteiger partial charge in [0.25, 0.3) is 0 Å². The first-order chi connectivity index (χ1) is 7.56. The van der Waals surface area contributed by atoms with Gasteiger partial charge in [-0.05, 0) is 25.1 Å². The molecule has 0 saturated heterocycles. The fraction of sp³-hybridized carbons (Fsp3) is 0.100. The van der Waals surface area contributed by atoms with Crippen LogP contribution in [0.25, 0.3) is 11.4 Å². The molecule has 2 N–H and O–H groups in total. The number of hydrogen-bond acceptors (Lipinski definition) is 4. The Hall–Kier alpha value is -1.75. The summed E-state index contributed by atoms with van der Waals surface area (Å²) >= 11 is 5.67. The Bertz CT molecular complexity index is 524. The van der Waals surface area contributed by atoms with Crippen molar-refractivity contribution < 1.29 is 4.39 Å². The molecule has 2 aromatic rings. The van der Waals surface area contributed by atoms with E-state index < -0.39 is 5.82 Å². The van der Waals surface area contributed by atoms with E-state index in [1.54, 1.807) is 6.92 Å². The molecule has 0 fully saturated rings. The number of halogens is 2. The molecule has 0 bridgehead atoms. The number of benzene rings is 1. The lowest BCUT2D eigenvalue weighted by Gasteiger charge is -2.03. The molecule has 0 atom stereocenters. The van der Waals surface area contributed by atoms with Crippen molar-refractivity contribution in [1.82, 2.24) is 15.0 Å². The van der Waals surface area contributed by atoms with Crippen LogP contribution in [0.1, 0.15) is 5.82 Å². The van der Waals surface area contributed by atoms with Gasteiger partial charge in [-0.2, -0.15) is 9.97 Å². The minimum atomic E-state index is -0.482. The molecule has 1 heterocycles. The molecule has 2 rings (SSSR count). The van der Waals surface area contributed by atoms with Crippen LogP contribution in [0.5, 0.6) is 0 Å². The molecule has 0 amide bonds. The summed E-state index contributed by atoms with van der Waals surface area (Å²) in [7, 11) is 0. The quantitative estimate of drug-likeness (QED) is 0.827. The normalized spacial score (nSPS) is 10.4. The molecule has 4 nitrogen and oxygen atoms in total. The maximum Gasteiger partial charge on any atom is 0.223 e. The monoisotopic (exact) mass is 238 g/mol. The van der Waals surface area contributed by atoms with Crippen LogP contribution in [0, 0.1) is 12.7 Å². The summed E-state index contributed by atoms with van der Waals surface area (Å²) in [5, 5.41) is 0.0223. The summed E-state index contributed by atoms with van der Waals surface area (Å²) < 4.78 is 13.0. The van der Waals surface area contributed by atoms with Crippen LogP contribution in [0.3, 0.4) is 0 Å². The van der Waals surface area contributed by atoms with Crippen LogP contribution in [-0.4, -0.2) is 15.0 Å². The number of nitrogens with two attached hydrogens (primary N) is 1. The highest BCUT2D eigenvalue weighted by atomic mass is 35.5. The number of nitrogens with zero attached hydrogens (tertiary/aromatic N) is 3. The van der Waals surface area contributed by atoms with E-state index in [0.29, 0.717) is 17.2 Å². The summed E-state index contributed by atoms with van der Waals surface area (Å²) in [4.78, 5) is 11.9.